The molecule has 1 fully saturated rings. The standard InChI is InChI=1S/C20H18F2N4S2.C2H6/c1-26-6-2-3-11(9-26)15-7-12-14(4-5-23-20(12)28-15)25-18-13(21)8-16-19(17(18)22)24-10-27-16;1-2/h4-5,7-8,10-11H,2-3,6,9H2,1H3,(H,23,25);1-2H3. The molecule has 3 aromatic heterocycles. The minimum Gasteiger partial charge on any atom is -0.350 e. The fourth-order valence-corrected chi connectivity index (χ4v) is 5.70. The first-order chi connectivity index (χ1) is 14.6. The summed E-state index contributed by atoms with van der Waals surface area (Å²) in [6.07, 6.45) is 4.01. The van der Waals surface area contributed by atoms with E-state index in [2.05, 4.69) is 33.3 Å². The van der Waals surface area contributed by atoms with Crippen LogP contribution in [0.1, 0.15) is 37.5 Å². The highest BCUT2D eigenvalue weighted by atomic mass is 32.1. The van der Waals surface area contributed by atoms with Gasteiger partial charge in [0.05, 0.1) is 15.9 Å². The number of pyridine rings is 1. The number of piperidine rings is 1. The van der Waals surface area contributed by atoms with Crippen LogP contribution in [0.15, 0.2) is 29.9 Å². The van der Waals surface area contributed by atoms with Crippen LogP contribution in [0.2, 0.25) is 0 Å². The number of anilines is 2. The van der Waals surface area contributed by atoms with E-state index >= 15 is 0 Å². The molecule has 30 heavy (non-hydrogen) atoms. The summed E-state index contributed by atoms with van der Waals surface area (Å²) in [7, 11) is 2.14. The number of thiophene rings is 1. The molecule has 0 radical (unpaired) electrons. The predicted octanol–water partition coefficient (Wildman–Crippen LogP) is 6.76. The number of thiazole rings is 1. The second kappa shape index (κ2) is 8.91. The first kappa shape index (κ1) is 21.1. The van der Waals surface area contributed by atoms with Gasteiger partial charge in [-0.3, -0.25) is 0 Å². The minimum atomic E-state index is -0.662. The molecule has 1 aliphatic rings. The van der Waals surface area contributed by atoms with Crippen molar-refractivity contribution in [3.05, 3.63) is 46.4 Å². The molecular weight excluding hydrogens is 422 g/mol. The van der Waals surface area contributed by atoms with Gasteiger partial charge in [-0.25, -0.2) is 18.7 Å². The van der Waals surface area contributed by atoms with E-state index in [9.17, 15) is 8.78 Å². The molecule has 8 heteroatoms. The van der Waals surface area contributed by atoms with Gasteiger partial charge in [-0.15, -0.1) is 22.7 Å². The molecule has 0 amide bonds. The van der Waals surface area contributed by atoms with Crippen molar-refractivity contribution in [1.82, 2.24) is 14.9 Å². The van der Waals surface area contributed by atoms with Crippen molar-refractivity contribution in [1.29, 1.82) is 0 Å². The van der Waals surface area contributed by atoms with Crippen LogP contribution in [0.25, 0.3) is 20.4 Å². The minimum absolute atomic E-state index is 0.170. The molecule has 1 aliphatic heterocycles. The normalized spacial score (nSPS) is 17.2. The zero-order valence-electron chi connectivity index (χ0n) is 17.2. The van der Waals surface area contributed by atoms with E-state index in [1.54, 1.807) is 23.6 Å². The van der Waals surface area contributed by atoms with Crippen LogP contribution < -0.4 is 5.32 Å². The summed E-state index contributed by atoms with van der Waals surface area (Å²) in [5.41, 5.74) is 2.20. The molecule has 4 aromatic rings. The van der Waals surface area contributed by atoms with Crippen molar-refractivity contribution in [2.24, 2.45) is 0 Å². The fourth-order valence-electron chi connectivity index (χ4n) is 3.85. The molecule has 5 rings (SSSR count). The van der Waals surface area contributed by atoms with Crippen molar-refractivity contribution in [2.75, 3.05) is 25.5 Å². The predicted molar refractivity (Wildman–Crippen MR) is 123 cm³/mol. The fraction of sp³-hybridized carbons (Fsp3) is 0.364. The SMILES string of the molecule is CC.CN1CCCC(c2cc3c(Nc4c(F)cc5scnc5c4F)ccnc3s2)C1. The number of fused-ring (bicyclic) bond motifs is 2. The third kappa shape index (κ3) is 3.91. The lowest BCUT2D eigenvalue weighted by molar-refractivity contribution is 0.252. The second-order valence-corrected chi connectivity index (χ2v) is 9.15. The Morgan fingerprint density at radius 1 is 1.20 bits per heavy atom. The first-order valence-electron chi connectivity index (χ1n) is 10.2. The van der Waals surface area contributed by atoms with Gasteiger partial charge < -0.3 is 10.2 Å². The lowest BCUT2D eigenvalue weighted by Gasteiger charge is -2.28. The molecule has 158 valence electrons. The lowest BCUT2D eigenvalue weighted by Crippen LogP contribution is -2.30. The largest absolute Gasteiger partial charge is 0.350 e. The van der Waals surface area contributed by atoms with Crippen LogP contribution in [0.4, 0.5) is 20.2 Å². The van der Waals surface area contributed by atoms with Crippen molar-refractivity contribution in [3.8, 4) is 0 Å². The van der Waals surface area contributed by atoms with Crippen LogP contribution >= 0.6 is 22.7 Å². The Morgan fingerprint density at radius 3 is 2.83 bits per heavy atom. The Morgan fingerprint density at radius 2 is 2.03 bits per heavy atom. The summed E-state index contributed by atoms with van der Waals surface area (Å²) in [4.78, 5) is 13.0. The molecule has 4 heterocycles. The average molecular weight is 447 g/mol. The van der Waals surface area contributed by atoms with Gasteiger partial charge in [0, 0.05) is 28.9 Å². The molecule has 1 N–H and O–H groups in total. The van der Waals surface area contributed by atoms with Gasteiger partial charge in [0.1, 0.15) is 16.0 Å². The number of aromatic nitrogens is 2. The highest BCUT2D eigenvalue weighted by Crippen LogP contribution is 2.39. The highest BCUT2D eigenvalue weighted by Gasteiger charge is 2.22. The molecule has 0 aliphatic carbocycles. The molecule has 0 spiro atoms. The van der Waals surface area contributed by atoms with E-state index < -0.39 is 11.6 Å². The molecule has 1 aromatic carbocycles. The quantitative estimate of drug-likeness (QED) is 0.377. The Kier molecular flexibility index (Phi) is 6.26. The summed E-state index contributed by atoms with van der Waals surface area (Å²) in [6, 6.07) is 5.21. The zero-order chi connectivity index (χ0) is 21.3. The third-order valence-electron chi connectivity index (χ3n) is 5.26. The Balaban J connectivity index is 0.00000106. The topological polar surface area (TPSA) is 41.0 Å². The van der Waals surface area contributed by atoms with E-state index in [1.807, 2.05) is 13.8 Å². The summed E-state index contributed by atoms with van der Waals surface area (Å²) < 4.78 is 29.9. The van der Waals surface area contributed by atoms with Crippen molar-refractivity contribution in [2.45, 2.75) is 32.6 Å². The van der Waals surface area contributed by atoms with Crippen LogP contribution in [0.3, 0.4) is 0 Å². The van der Waals surface area contributed by atoms with Crippen molar-refractivity contribution in [3.63, 3.8) is 0 Å². The maximum absolute atomic E-state index is 14.8. The molecule has 0 bridgehead atoms. The number of halogens is 2. The Bertz CT molecular complexity index is 1170. The first-order valence-corrected chi connectivity index (χ1v) is 11.8. The van der Waals surface area contributed by atoms with Gasteiger partial charge in [0.25, 0.3) is 0 Å². The van der Waals surface area contributed by atoms with E-state index in [-0.39, 0.29) is 11.2 Å². The van der Waals surface area contributed by atoms with Gasteiger partial charge in [-0.1, -0.05) is 13.8 Å². The molecule has 1 unspecified atom stereocenters. The molecule has 1 atom stereocenters. The van der Waals surface area contributed by atoms with E-state index in [1.165, 1.54) is 34.2 Å². The van der Waals surface area contributed by atoms with Crippen LogP contribution in [0, 0.1) is 11.6 Å². The van der Waals surface area contributed by atoms with Gasteiger partial charge in [0.15, 0.2) is 11.6 Å². The molecule has 1 saturated heterocycles. The number of hydrogen-bond donors (Lipinski definition) is 1. The second-order valence-electron chi connectivity index (χ2n) is 7.20. The lowest BCUT2D eigenvalue weighted by atomic mass is 9.96. The molecule has 4 nitrogen and oxygen atoms in total. The summed E-state index contributed by atoms with van der Waals surface area (Å²) in [5, 5.41) is 3.86. The Hall–Kier alpha value is -2.16. The van der Waals surface area contributed by atoms with Gasteiger partial charge in [-0.05, 0) is 44.6 Å². The van der Waals surface area contributed by atoms with Gasteiger partial charge in [0.2, 0.25) is 0 Å². The molecule has 0 saturated carbocycles. The van der Waals surface area contributed by atoms with Gasteiger partial charge in [-0.2, -0.15) is 0 Å². The van der Waals surface area contributed by atoms with Crippen molar-refractivity contribution >= 4 is 54.5 Å². The number of nitrogens with one attached hydrogen (secondary N) is 1. The number of likely N-dealkylation sites (tertiary alicyclic amines) is 1. The highest BCUT2D eigenvalue weighted by molar-refractivity contribution is 7.18. The van der Waals surface area contributed by atoms with E-state index in [0.717, 1.165) is 29.7 Å². The average Bonchev–Trinajstić information content (AvgIpc) is 3.40. The number of hydrogen-bond acceptors (Lipinski definition) is 6. The van der Waals surface area contributed by atoms with E-state index in [4.69, 9.17) is 0 Å². The maximum Gasteiger partial charge on any atom is 0.176 e. The molecular formula is C22H24F2N4S2. The summed E-state index contributed by atoms with van der Waals surface area (Å²) in [6.45, 7) is 6.16. The number of rotatable bonds is 3. The van der Waals surface area contributed by atoms with Crippen LogP contribution in [-0.4, -0.2) is 35.0 Å². The smallest absolute Gasteiger partial charge is 0.176 e. The maximum atomic E-state index is 14.8. The van der Waals surface area contributed by atoms with Crippen LogP contribution in [-0.2, 0) is 0 Å². The number of benzene rings is 1. The van der Waals surface area contributed by atoms with Gasteiger partial charge >= 0.3 is 0 Å². The summed E-state index contributed by atoms with van der Waals surface area (Å²) in [5.74, 6) is -0.806. The van der Waals surface area contributed by atoms with Crippen molar-refractivity contribution < 1.29 is 8.78 Å². The number of nitrogens with zero attached hydrogens (tertiary/aromatic N) is 3. The van der Waals surface area contributed by atoms with Crippen LogP contribution in [0.5, 0.6) is 0 Å². The monoisotopic (exact) mass is 446 g/mol. The number of likely N-dealkylation sites (N-methyl/N-ethyl adjacent to an activating group) is 1. The Labute approximate surface area is 182 Å². The zero-order valence-corrected chi connectivity index (χ0v) is 18.8. The van der Waals surface area contributed by atoms with E-state index in [0.29, 0.717) is 16.3 Å². The third-order valence-corrected chi connectivity index (χ3v) is 7.24. The summed E-state index contributed by atoms with van der Waals surface area (Å²) >= 11 is 2.89.